The summed E-state index contributed by atoms with van der Waals surface area (Å²) in [5.74, 6) is 0. The lowest BCUT2D eigenvalue weighted by molar-refractivity contribution is 0.108. The molecule has 1 heteroatoms. The van der Waals surface area contributed by atoms with Crippen LogP contribution in [0.4, 0.5) is 0 Å². The maximum Gasteiger partial charge on any atom is 0.0543 e. The van der Waals surface area contributed by atoms with E-state index in [2.05, 4.69) is 26.0 Å². The average Bonchev–Trinajstić information content (AvgIpc) is 2.16. The Kier molecular flexibility index (Phi) is 9.56. The number of hydrogen-bond donors (Lipinski definition) is 0. The number of hydrogen-bond acceptors (Lipinski definition) is 1. The van der Waals surface area contributed by atoms with Gasteiger partial charge in [-0.2, -0.15) is 0 Å². The van der Waals surface area contributed by atoms with Gasteiger partial charge in [0.25, 0.3) is 0 Å². The van der Waals surface area contributed by atoms with Crippen molar-refractivity contribution in [1.82, 2.24) is 0 Å². The average molecular weight is 184 g/mol. The quantitative estimate of drug-likeness (QED) is 0.410. The molecule has 0 amide bonds. The Hall–Kier alpha value is -0.300. The third-order valence-corrected chi connectivity index (χ3v) is 2.37. The highest BCUT2D eigenvalue weighted by Crippen LogP contribution is 2.08. The van der Waals surface area contributed by atoms with Gasteiger partial charge in [-0.1, -0.05) is 31.4 Å². The lowest BCUT2D eigenvalue weighted by Crippen LogP contribution is -2.03. The van der Waals surface area contributed by atoms with Crippen molar-refractivity contribution >= 4 is 0 Å². The normalized spacial score (nSPS) is 13.8. The van der Waals surface area contributed by atoms with Crippen molar-refractivity contribution in [2.24, 2.45) is 0 Å². The molecule has 0 aliphatic rings. The monoisotopic (exact) mass is 184 g/mol. The molecule has 0 aliphatic heterocycles. The van der Waals surface area contributed by atoms with Gasteiger partial charge in [0.2, 0.25) is 0 Å². The lowest BCUT2D eigenvalue weighted by atomic mass is 10.1. The van der Waals surface area contributed by atoms with Gasteiger partial charge in [0.15, 0.2) is 0 Å². The van der Waals surface area contributed by atoms with Crippen molar-refractivity contribution in [3.05, 3.63) is 12.2 Å². The van der Waals surface area contributed by atoms with Crippen LogP contribution in [-0.4, -0.2) is 13.2 Å². The van der Waals surface area contributed by atoms with E-state index in [4.69, 9.17) is 4.74 Å². The fourth-order valence-corrected chi connectivity index (χ4v) is 1.33. The Balaban J connectivity index is 2.99. The first-order valence-electron chi connectivity index (χ1n) is 5.45. The molecule has 0 fully saturated rings. The van der Waals surface area contributed by atoms with Gasteiger partial charge in [0.05, 0.1) is 6.10 Å². The van der Waals surface area contributed by atoms with Gasteiger partial charge in [-0.3, -0.25) is 0 Å². The van der Waals surface area contributed by atoms with Crippen molar-refractivity contribution in [3.63, 3.8) is 0 Å². The zero-order chi connectivity index (χ0) is 9.94. The summed E-state index contributed by atoms with van der Waals surface area (Å²) in [5.41, 5.74) is 0. The number of methoxy groups -OCH3 is 1. The molecule has 0 aromatic carbocycles. The second-order valence-corrected chi connectivity index (χ2v) is 3.61. The highest BCUT2D eigenvalue weighted by molar-refractivity contribution is 4.76. The van der Waals surface area contributed by atoms with Crippen LogP contribution in [0.2, 0.25) is 0 Å². The highest BCUT2D eigenvalue weighted by atomic mass is 16.5. The summed E-state index contributed by atoms with van der Waals surface area (Å²) in [6.45, 7) is 4.22. The fourth-order valence-electron chi connectivity index (χ4n) is 1.33. The molecule has 0 N–H and O–H groups in total. The lowest BCUT2D eigenvalue weighted by Gasteiger charge is -2.07. The van der Waals surface area contributed by atoms with Crippen molar-refractivity contribution < 1.29 is 4.74 Å². The summed E-state index contributed by atoms with van der Waals surface area (Å²) < 4.78 is 5.18. The van der Waals surface area contributed by atoms with Crippen molar-refractivity contribution in [3.8, 4) is 0 Å². The molecule has 78 valence electrons. The summed E-state index contributed by atoms with van der Waals surface area (Å²) >= 11 is 0. The van der Waals surface area contributed by atoms with Gasteiger partial charge in [-0.25, -0.2) is 0 Å². The molecule has 1 nitrogen and oxygen atoms in total. The summed E-state index contributed by atoms with van der Waals surface area (Å²) in [6, 6.07) is 0. The second-order valence-electron chi connectivity index (χ2n) is 3.61. The van der Waals surface area contributed by atoms with E-state index in [-0.39, 0.29) is 0 Å². The zero-order valence-electron chi connectivity index (χ0n) is 9.38. The first-order chi connectivity index (χ1) is 6.31. The van der Waals surface area contributed by atoms with E-state index >= 15 is 0 Å². The van der Waals surface area contributed by atoms with Gasteiger partial charge in [0, 0.05) is 7.11 Å². The molecular formula is C12H24O. The summed E-state index contributed by atoms with van der Waals surface area (Å²) in [4.78, 5) is 0. The van der Waals surface area contributed by atoms with Gasteiger partial charge in [-0.05, 0) is 33.1 Å². The van der Waals surface area contributed by atoms with Crippen LogP contribution in [0, 0.1) is 0 Å². The Morgan fingerprint density at radius 2 is 1.85 bits per heavy atom. The maximum absolute atomic E-state index is 5.18. The molecular weight excluding hydrogens is 160 g/mol. The molecule has 1 atom stereocenters. The molecule has 0 radical (unpaired) electrons. The maximum atomic E-state index is 5.18. The molecule has 0 aliphatic carbocycles. The first kappa shape index (κ1) is 12.7. The van der Waals surface area contributed by atoms with E-state index in [1.807, 2.05) is 0 Å². The van der Waals surface area contributed by atoms with Gasteiger partial charge in [-0.15, -0.1) is 0 Å². The molecule has 0 heterocycles. The molecule has 0 aromatic rings. The SMILES string of the molecule is CC=CCCCCCCC(C)OC. The van der Waals surface area contributed by atoms with Crippen molar-refractivity contribution in [2.75, 3.05) is 7.11 Å². The van der Waals surface area contributed by atoms with Crippen LogP contribution in [0.1, 0.15) is 52.4 Å². The Morgan fingerprint density at radius 1 is 1.15 bits per heavy atom. The van der Waals surface area contributed by atoms with Crippen LogP contribution >= 0.6 is 0 Å². The van der Waals surface area contributed by atoms with Gasteiger partial charge >= 0.3 is 0 Å². The Bertz CT molecular complexity index is 118. The van der Waals surface area contributed by atoms with E-state index in [1.54, 1.807) is 7.11 Å². The smallest absolute Gasteiger partial charge is 0.0543 e. The van der Waals surface area contributed by atoms with Crippen LogP contribution in [-0.2, 0) is 4.74 Å². The fraction of sp³-hybridized carbons (Fsp3) is 0.833. The molecule has 0 aromatic heterocycles. The summed E-state index contributed by atoms with van der Waals surface area (Å²) in [7, 11) is 1.79. The minimum Gasteiger partial charge on any atom is -0.382 e. The predicted molar refractivity (Wildman–Crippen MR) is 59.0 cm³/mol. The topological polar surface area (TPSA) is 9.23 Å². The van der Waals surface area contributed by atoms with E-state index in [1.165, 1.54) is 38.5 Å². The van der Waals surface area contributed by atoms with Crippen LogP contribution in [0.15, 0.2) is 12.2 Å². The molecule has 0 rings (SSSR count). The molecule has 1 unspecified atom stereocenters. The van der Waals surface area contributed by atoms with E-state index < -0.39 is 0 Å². The molecule has 0 spiro atoms. The molecule has 13 heavy (non-hydrogen) atoms. The highest BCUT2D eigenvalue weighted by Gasteiger charge is 1.97. The third kappa shape index (κ3) is 9.62. The van der Waals surface area contributed by atoms with E-state index in [0.717, 1.165) is 0 Å². The minimum absolute atomic E-state index is 0.440. The van der Waals surface area contributed by atoms with Crippen LogP contribution in [0.25, 0.3) is 0 Å². The van der Waals surface area contributed by atoms with Crippen molar-refractivity contribution in [2.45, 2.75) is 58.5 Å². The largest absolute Gasteiger partial charge is 0.382 e. The predicted octanol–water partition coefficient (Wildman–Crippen LogP) is 3.94. The summed E-state index contributed by atoms with van der Waals surface area (Å²) in [6.07, 6.45) is 12.6. The van der Waals surface area contributed by atoms with Crippen molar-refractivity contribution in [1.29, 1.82) is 0 Å². The molecule has 0 bridgehead atoms. The first-order valence-corrected chi connectivity index (χ1v) is 5.45. The molecule has 0 saturated heterocycles. The molecule has 0 saturated carbocycles. The Morgan fingerprint density at radius 3 is 2.46 bits per heavy atom. The van der Waals surface area contributed by atoms with Crippen LogP contribution in [0.5, 0.6) is 0 Å². The van der Waals surface area contributed by atoms with Gasteiger partial charge in [0.1, 0.15) is 0 Å². The van der Waals surface area contributed by atoms with Crippen LogP contribution < -0.4 is 0 Å². The number of allylic oxidation sites excluding steroid dienone is 2. The van der Waals surface area contributed by atoms with E-state index in [0.29, 0.717) is 6.10 Å². The minimum atomic E-state index is 0.440. The Labute approximate surface area is 83.2 Å². The van der Waals surface area contributed by atoms with Gasteiger partial charge < -0.3 is 4.74 Å². The van der Waals surface area contributed by atoms with E-state index in [9.17, 15) is 0 Å². The number of rotatable bonds is 8. The number of ether oxygens (including phenoxy) is 1. The standard InChI is InChI=1S/C12H24O/c1-4-5-6-7-8-9-10-11-12(2)13-3/h4-5,12H,6-11H2,1-3H3. The van der Waals surface area contributed by atoms with Crippen LogP contribution in [0.3, 0.4) is 0 Å². The third-order valence-electron chi connectivity index (χ3n) is 2.37. The number of unbranched alkanes of at least 4 members (excludes halogenated alkanes) is 4. The second kappa shape index (κ2) is 9.79. The summed E-state index contributed by atoms with van der Waals surface area (Å²) in [5, 5.41) is 0. The zero-order valence-corrected chi connectivity index (χ0v) is 9.38.